The number of anilines is 1. The summed E-state index contributed by atoms with van der Waals surface area (Å²) in [5, 5.41) is 0. The summed E-state index contributed by atoms with van der Waals surface area (Å²) in [5.41, 5.74) is 7.32. The molecule has 1 aliphatic heterocycles. The number of benzene rings is 1. The minimum atomic E-state index is 0.299. The van der Waals surface area contributed by atoms with E-state index in [1.165, 1.54) is 37.8 Å². The summed E-state index contributed by atoms with van der Waals surface area (Å²) in [6, 6.07) is 8.73. The molecule has 1 heterocycles. The van der Waals surface area contributed by atoms with Crippen molar-refractivity contribution in [1.29, 1.82) is 0 Å². The minimum Gasteiger partial charge on any atom is -0.488 e. The standard InChI is InChI=1S/C16H24N2O/c17-13-6-5-11-18(12-13)15-9-3-4-10-16(15)19-14-7-1-2-8-14/h3-4,9-10,13-14H,1-2,5-8,11-12,17H2. The van der Waals surface area contributed by atoms with Crippen molar-refractivity contribution in [3.05, 3.63) is 24.3 Å². The second-order valence-electron chi connectivity index (χ2n) is 5.84. The minimum absolute atomic E-state index is 0.299. The van der Waals surface area contributed by atoms with E-state index in [0.29, 0.717) is 12.1 Å². The molecule has 1 aromatic rings. The molecular formula is C16H24N2O. The first-order valence-corrected chi connectivity index (χ1v) is 7.59. The highest BCUT2D eigenvalue weighted by Gasteiger charge is 2.22. The number of ether oxygens (including phenoxy) is 1. The molecule has 0 bridgehead atoms. The fraction of sp³-hybridized carbons (Fsp3) is 0.625. The fourth-order valence-electron chi connectivity index (χ4n) is 3.23. The van der Waals surface area contributed by atoms with Gasteiger partial charge in [-0.15, -0.1) is 0 Å². The second-order valence-corrected chi connectivity index (χ2v) is 5.84. The van der Waals surface area contributed by atoms with E-state index < -0.39 is 0 Å². The van der Waals surface area contributed by atoms with Gasteiger partial charge in [0.25, 0.3) is 0 Å². The van der Waals surface area contributed by atoms with Crippen LogP contribution in [0.1, 0.15) is 38.5 Å². The third-order valence-electron chi connectivity index (χ3n) is 4.26. The maximum Gasteiger partial charge on any atom is 0.143 e. The summed E-state index contributed by atoms with van der Waals surface area (Å²) in [7, 11) is 0. The first-order valence-electron chi connectivity index (χ1n) is 7.59. The Hall–Kier alpha value is -1.22. The average molecular weight is 260 g/mol. The predicted molar refractivity (Wildman–Crippen MR) is 78.7 cm³/mol. The van der Waals surface area contributed by atoms with Gasteiger partial charge in [-0.3, -0.25) is 0 Å². The van der Waals surface area contributed by atoms with Crippen LogP contribution < -0.4 is 15.4 Å². The lowest BCUT2D eigenvalue weighted by Crippen LogP contribution is -2.43. The van der Waals surface area contributed by atoms with Crippen LogP contribution in [-0.4, -0.2) is 25.2 Å². The first-order chi connectivity index (χ1) is 9.33. The third-order valence-corrected chi connectivity index (χ3v) is 4.26. The topological polar surface area (TPSA) is 38.5 Å². The van der Waals surface area contributed by atoms with Crippen molar-refractivity contribution in [2.45, 2.75) is 50.7 Å². The summed E-state index contributed by atoms with van der Waals surface area (Å²) in [5.74, 6) is 1.04. The summed E-state index contributed by atoms with van der Waals surface area (Å²) in [4.78, 5) is 2.39. The Kier molecular flexibility index (Phi) is 3.92. The predicted octanol–water partition coefficient (Wildman–Crippen LogP) is 2.94. The molecule has 3 heteroatoms. The summed E-state index contributed by atoms with van der Waals surface area (Å²) >= 11 is 0. The van der Waals surface area contributed by atoms with Crippen LogP contribution in [0.2, 0.25) is 0 Å². The summed E-state index contributed by atoms with van der Waals surface area (Å²) in [6.45, 7) is 2.05. The van der Waals surface area contributed by atoms with Crippen LogP contribution in [0.15, 0.2) is 24.3 Å². The van der Waals surface area contributed by atoms with Crippen LogP contribution in [0, 0.1) is 0 Å². The van der Waals surface area contributed by atoms with Gasteiger partial charge in [0, 0.05) is 19.1 Å². The fourth-order valence-corrected chi connectivity index (χ4v) is 3.23. The van der Waals surface area contributed by atoms with E-state index in [1.54, 1.807) is 0 Å². The van der Waals surface area contributed by atoms with E-state index in [1.807, 2.05) is 0 Å². The maximum absolute atomic E-state index is 6.21. The Morgan fingerprint density at radius 1 is 1.05 bits per heavy atom. The van der Waals surface area contributed by atoms with E-state index >= 15 is 0 Å². The molecule has 1 unspecified atom stereocenters. The van der Waals surface area contributed by atoms with Crippen LogP contribution in [-0.2, 0) is 0 Å². The Bertz CT molecular complexity index is 415. The van der Waals surface area contributed by atoms with Gasteiger partial charge in [0.15, 0.2) is 0 Å². The number of rotatable bonds is 3. The van der Waals surface area contributed by atoms with Crippen molar-refractivity contribution in [2.24, 2.45) is 5.73 Å². The lowest BCUT2D eigenvalue weighted by atomic mass is 10.1. The van der Waals surface area contributed by atoms with Gasteiger partial charge in [-0.1, -0.05) is 12.1 Å². The number of piperidine rings is 1. The van der Waals surface area contributed by atoms with Crippen LogP contribution in [0.25, 0.3) is 0 Å². The zero-order valence-electron chi connectivity index (χ0n) is 11.6. The molecule has 2 aliphatic rings. The summed E-state index contributed by atoms with van der Waals surface area (Å²) in [6.07, 6.45) is 7.76. The molecular weight excluding hydrogens is 236 g/mol. The zero-order chi connectivity index (χ0) is 13.1. The van der Waals surface area contributed by atoms with Crippen molar-refractivity contribution in [3.63, 3.8) is 0 Å². The van der Waals surface area contributed by atoms with Gasteiger partial charge in [0.1, 0.15) is 5.75 Å². The van der Waals surface area contributed by atoms with Gasteiger partial charge < -0.3 is 15.4 Å². The van der Waals surface area contributed by atoms with Crippen molar-refractivity contribution in [1.82, 2.24) is 0 Å². The molecule has 2 N–H and O–H groups in total. The van der Waals surface area contributed by atoms with E-state index in [4.69, 9.17) is 10.5 Å². The van der Waals surface area contributed by atoms with Crippen LogP contribution >= 0.6 is 0 Å². The Morgan fingerprint density at radius 3 is 2.63 bits per heavy atom. The molecule has 19 heavy (non-hydrogen) atoms. The molecule has 2 fully saturated rings. The molecule has 0 aromatic heterocycles. The number of para-hydroxylation sites is 2. The van der Waals surface area contributed by atoms with Crippen molar-refractivity contribution in [2.75, 3.05) is 18.0 Å². The summed E-state index contributed by atoms with van der Waals surface area (Å²) < 4.78 is 6.21. The van der Waals surface area contributed by atoms with Crippen molar-refractivity contribution in [3.8, 4) is 5.75 Å². The van der Waals surface area contributed by atoms with Crippen LogP contribution in [0.5, 0.6) is 5.75 Å². The molecule has 1 aliphatic carbocycles. The lowest BCUT2D eigenvalue weighted by molar-refractivity contribution is 0.210. The van der Waals surface area contributed by atoms with E-state index in [-0.39, 0.29) is 0 Å². The van der Waals surface area contributed by atoms with E-state index in [0.717, 1.165) is 25.3 Å². The number of nitrogens with zero attached hydrogens (tertiary/aromatic N) is 1. The Balaban J connectivity index is 1.76. The highest BCUT2D eigenvalue weighted by molar-refractivity contribution is 5.58. The molecule has 1 aromatic carbocycles. The molecule has 0 spiro atoms. The monoisotopic (exact) mass is 260 g/mol. The number of hydrogen-bond donors (Lipinski definition) is 1. The number of nitrogens with two attached hydrogens (primary N) is 1. The largest absolute Gasteiger partial charge is 0.488 e. The van der Waals surface area contributed by atoms with Crippen LogP contribution in [0.3, 0.4) is 0 Å². The number of hydrogen-bond acceptors (Lipinski definition) is 3. The van der Waals surface area contributed by atoms with Gasteiger partial charge >= 0.3 is 0 Å². The van der Waals surface area contributed by atoms with Gasteiger partial charge in [0.05, 0.1) is 11.8 Å². The van der Waals surface area contributed by atoms with E-state index in [9.17, 15) is 0 Å². The smallest absolute Gasteiger partial charge is 0.143 e. The SMILES string of the molecule is NC1CCCN(c2ccccc2OC2CCCC2)C1. The molecule has 3 rings (SSSR count). The molecule has 1 atom stereocenters. The molecule has 0 amide bonds. The molecule has 104 valence electrons. The highest BCUT2D eigenvalue weighted by Crippen LogP contribution is 2.33. The molecule has 3 nitrogen and oxygen atoms in total. The van der Waals surface area contributed by atoms with Gasteiger partial charge in [0.2, 0.25) is 0 Å². The molecule has 1 saturated heterocycles. The second kappa shape index (κ2) is 5.83. The Morgan fingerprint density at radius 2 is 1.84 bits per heavy atom. The normalized spacial score (nSPS) is 24.7. The third kappa shape index (κ3) is 3.03. The average Bonchev–Trinajstić information content (AvgIpc) is 2.92. The van der Waals surface area contributed by atoms with Gasteiger partial charge in [-0.25, -0.2) is 0 Å². The molecule has 0 radical (unpaired) electrons. The van der Waals surface area contributed by atoms with Gasteiger partial charge in [-0.2, -0.15) is 0 Å². The Labute approximate surface area is 115 Å². The van der Waals surface area contributed by atoms with Gasteiger partial charge in [-0.05, 0) is 50.7 Å². The van der Waals surface area contributed by atoms with E-state index in [2.05, 4.69) is 29.2 Å². The first kappa shape index (κ1) is 12.8. The molecule has 1 saturated carbocycles. The zero-order valence-corrected chi connectivity index (χ0v) is 11.6. The van der Waals surface area contributed by atoms with Crippen LogP contribution in [0.4, 0.5) is 5.69 Å². The highest BCUT2D eigenvalue weighted by atomic mass is 16.5. The lowest BCUT2D eigenvalue weighted by Gasteiger charge is -2.34. The van der Waals surface area contributed by atoms with Crippen molar-refractivity contribution >= 4 is 5.69 Å². The quantitative estimate of drug-likeness (QED) is 0.908. The van der Waals surface area contributed by atoms with Crippen molar-refractivity contribution < 1.29 is 4.74 Å². The maximum atomic E-state index is 6.21.